The van der Waals surface area contributed by atoms with E-state index in [0.717, 1.165) is 11.3 Å². The molecule has 0 saturated carbocycles. The fraction of sp³-hybridized carbons (Fsp3) is 0.125. The Labute approximate surface area is 138 Å². The summed E-state index contributed by atoms with van der Waals surface area (Å²) < 4.78 is 10.1. The largest absolute Gasteiger partial charge is 0.497 e. The third-order valence-corrected chi connectivity index (χ3v) is 3.15. The van der Waals surface area contributed by atoms with Gasteiger partial charge in [0.05, 0.1) is 25.5 Å². The maximum absolute atomic E-state index is 11.6. The standard InChI is InChI=1S/C16H15ClN2O4/c1-21-13-6-3-11(4-7-13)10-18-23-16(20)19-12-5-8-15(22-2)14(17)9-12/h3-10H,1-2H3,(H,19,20)/b18-10+. The molecule has 0 atom stereocenters. The van der Waals surface area contributed by atoms with Crippen LogP contribution in [0.1, 0.15) is 5.56 Å². The molecule has 0 spiro atoms. The molecular formula is C16H15ClN2O4. The lowest BCUT2D eigenvalue weighted by Gasteiger charge is -2.06. The highest BCUT2D eigenvalue weighted by Crippen LogP contribution is 2.27. The molecule has 0 aliphatic heterocycles. The van der Waals surface area contributed by atoms with Crippen LogP contribution < -0.4 is 14.8 Å². The highest BCUT2D eigenvalue weighted by atomic mass is 35.5. The topological polar surface area (TPSA) is 69.2 Å². The molecule has 1 amide bonds. The predicted octanol–water partition coefficient (Wildman–Crippen LogP) is 3.94. The van der Waals surface area contributed by atoms with Gasteiger partial charge in [0.15, 0.2) is 0 Å². The number of benzene rings is 2. The third-order valence-electron chi connectivity index (χ3n) is 2.85. The maximum Gasteiger partial charge on any atom is 0.437 e. The van der Waals surface area contributed by atoms with Crippen LogP contribution in [0.4, 0.5) is 10.5 Å². The molecule has 0 heterocycles. The second kappa shape index (κ2) is 8.05. The van der Waals surface area contributed by atoms with E-state index < -0.39 is 6.09 Å². The lowest BCUT2D eigenvalue weighted by Crippen LogP contribution is -2.10. The van der Waals surface area contributed by atoms with Crippen LogP contribution in [-0.2, 0) is 4.84 Å². The van der Waals surface area contributed by atoms with Gasteiger partial charge >= 0.3 is 6.09 Å². The number of oxime groups is 1. The molecule has 0 radical (unpaired) electrons. The van der Waals surface area contributed by atoms with Crippen LogP contribution >= 0.6 is 11.6 Å². The number of methoxy groups -OCH3 is 2. The monoisotopic (exact) mass is 334 g/mol. The summed E-state index contributed by atoms with van der Waals surface area (Å²) >= 11 is 5.97. The number of rotatable bonds is 5. The molecule has 0 fully saturated rings. The Bertz CT molecular complexity index is 702. The van der Waals surface area contributed by atoms with E-state index in [2.05, 4.69) is 10.5 Å². The quantitative estimate of drug-likeness (QED) is 0.511. The molecule has 0 aromatic heterocycles. The van der Waals surface area contributed by atoms with Crippen LogP contribution in [0, 0.1) is 0 Å². The van der Waals surface area contributed by atoms with Crippen molar-refractivity contribution >= 4 is 29.6 Å². The van der Waals surface area contributed by atoms with Crippen LogP contribution in [0.25, 0.3) is 0 Å². The van der Waals surface area contributed by atoms with Gasteiger partial charge in [0.1, 0.15) is 11.5 Å². The number of ether oxygens (including phenoxy) is 2. The number of carbonyl (C=O) groups is 1. The van der Waals surface area contributed by atoms with Crippen LogP contribution in [-0.4, -0.2) is 26.5 Å². The number of hydrogen-bond acceptors (Lipinski definition) is 5. The van der Waals surface area contributed by atoms with E-state index in [-0.39, 0.29) is 0 Å². The van der Waals surface area contributed by atoms with Crippen molar-refractivity contribution in [2.75, 3.05) is 19.5 Å². The second-order valence-electron chi connectivity index (χ2n) is 4.36. The zero-order valence-corrected chi connectivity index (χ0v) is 13.3. The van der Waals surface area contributed by atoms with E-state index in [1.807, 2.05) is 0 Å². The summed E-state index contributed by atoms with van der Waals surface area (Å²) in [5.41, 5.74) is 1.24. The van der Waals surface area contributed by atoms with Gasteiger partial charge in [-0.2, -0.15) is 0 Å². The van der Waals surface area contributed by atoms with Crippen molar-refractivity contribution in [3.05, 3.63) is 53.1 Å². The molecule has 6 nitrogen and oxygen atoms in total. The van der Waals surface area contributed by atoms with Gasteiger partial charge in [-0.05, 0) is 48.0 Å². The molecule has 23 heavy (non-hydrogen) atoms. The Morgan fingerprint density at radius 3 is 2.48 bits per heavy atom. The van der Waals surface area contributed by atoms with Crippen LogP contribution in [0.5, 0.6) is 11.5 Å². The Kier molecular flexibility index (Phi) is 5.82. The average Bonchev–Trinajstić information content (AvgIpc) is 2.55. The fourth-order valence-corrected chi connectivity index (χ4v) is 1.97. The third kappa shape index (κ3) is 4.89. The lowest BCUT2D eigenvalue weighted by atomic mass is 10.2. The summed E-state index contributed by atoms with van der Waals surface area (Å²) in [7, 11) is 3.10. The van der Waals surface area contributed by atoms with Gasteiger partial charge in [-0.15, -0.1) is 0 Å². The Hall–Kier alpha value is -2.73. The van der Waals surface area contributed by atoms with E-state index in [4.69, 9.17) is 25.9 Å². The summed E-state index contributed by atoms with van der Waals surface area (Å²) in [5, 5.41) is 6.50. The SMILES string of the molecule is COc1ccc(/C=N/OC(=O)Nc2ccc(OC)c(Cl)c2)cc1. The highest BCUT2D eigenvalue weighted by Gasteiger charge is 2.06. The van der Waals surface area contributed by atoms with E-state index in [0.29, 0.717) is 16.5 Å². The van der Waals surface area contributed by atoms with Crippen molar-refractivity contribution in [1.29, 1.82) is 0 Å². The second-order valence-corrected chi connectivity index (χ2v) is 4.77. The molecule has 120 valence electrons. The summed E-state index contributed by atoms with van der Waals surface area (Å²) in [6.07, 6.45) is 0.691. The molecular weight excluding hydrogens is 320 g/mol. The van der Waals surface area contributed by atoms with Crippen LogP contribution in [0.3, 0.4) is 0 Å². The minimum Gasteiger partial charge on any atom is -0.497 e. The number of anilines is 1. The van der Waals surface area contributed by atoms with E-state index in [9.17, 15) is 4.79 Å². The average molecular weight is 335 g/mol. The van der Waals surface area contributed by atoms with Gasteiger partial charge < -0.3 is 9.47 Å². The van der Waals surface area contributed by atoms with Gasteiger partial charge in [0.2, 0.25) is 0 Å². The number of nitrogens with zero attached hydrogens (tertiary/aromatic N) is 1. The van der Waals surface area contributed by atoms with E-state index >= 15 is 0 Å². The van der Waals surface area contributed by atoms with Crippen molar-refractivity contribution in [2.45, 2.75) is 0 Å². The summed E-state index contributed by atoms with van der Waals surface area (Å²) in [6.45, 7) is 0. The van der Waals surface area contributed by atoms with Gasteiger partial charge in [0.25, 0.3) is 0 Å². The van der Waals surface area contributed by atoms with Gasteiger partial charge in [-0.3, -0.25) is 10.2 Å². The Morgan fingerprint density at radius 1 is 1.13 bits per heavy atom. The molecule has 0 saturated heterocycles. The van der Waals surface area contributed by atoms with E-state index in [1.54, 1.807) is 49.6 Å². The molecule has 1 N–H and O–H groups in total. The summed E-state index contributed by atoms with van der Waals surface area (Å²) in [6, 6.07) is 12.0. The first kappa shape index (κ1) is 16.6. The number of carbonyl (C=O) groups excluding carboxylic acids is 1. The molecule has 0 bridgehead atoms. The minimum absolute atomic E-state index is 0.382. The van der Waals surface area contributed by atoms with Crippen molar-refractivity contribution in [3.63, 3.8) is 0 Å². The first-order valence-corrected chi connectivity index (χ1v) is 6.99. The zero-order chi connectivity index (χ0) is 16.7. The molecule has 2 aromatic rings. The summed E-state index contributed by atoms with van der Waals surface area (Å²) in [5.74, 6) is 1.25. The number of nitrogens with one attached hydrogen (secondary N) is 1. The van der Waals surface area contributed by atoms with Crippen molar-refractivity contribution in [3.8, 4) is 11.5 Å². The molecule has 0 aliphatic carbocycles. The molecule has 2 rings (SSSR count). The normalized spacial score (nSPS) is 10.4. The van der Waals surface area contributed by atoms with E-state index in [1.165, 1.54) is 13.3 Å². The van der Waals surface area contributed by atoms with Crippen molar-refractivity contribution in [1.82, 2.24) is 0 Å². The first-order valence-electron chi connectivity index (χ1n) is 6.61. The number of hydrogen-bond donors (Lipinski definition) is 1. The van der Waals surface area contributed by atoms with Crippen molar-refractivity contribution in [2.24, 2.45) is 5.16 Å². The zero-order valence-electron chi connectivity index (χ0n) is 12.6. The highest BCUT2D eigenvalue weighted by molar-refractivity contribution is 6.32. The van der Waals surface area contributed by atoms with Gasteiger partial charge in [0, 0.05) is 5.69 Å². The van der Waals surface area contributed by atoms with Gasteiger partial charge in [-0.25, -0.2) is 4.79 Å². The molecule has 7 heteroatoms. The fourth-order valence-electron chi connectivity index (χ4n) is 1.71. The maximum atomic E-state index is 11.6. The lowest BCUT2D eigenvalue weighted by molar-refractivity contribution is 0.167. The predicted molar refractivity (Wildman–Crippen MR) is 88.7 cm³/mol. The van der Waals surface area contributed by atoms with Crippen molar-refractivity contribution < 1.29 is 19.1 Å². The molecule has 0 aliphatic rings. The van der Waals surface area contributed by atoms with Gasteiger partial charge in [-0.1, -0.05) is 16.8 Å². The Morgan fingerprint density at radius 2 is 1.87 bits per heavy atom. The van der Waals surface area contributed by atoms with Crippen LogP contribution in [0.2, 0.25) is 5.02 Å². The Balaban J connectivity index is 1.89. The molecule has 0 unspecified atom stereocenters. The first-order chi connectivity index (χ1) is 11.1. The smallest absolute Gasteiger partial charge is 0.437 e. The summed E-state index contributed by atoms with van der Waals surface area (Å²) in [4.78, 5) is 16.3. The number of halogens is 1. The number of amides is 1. The van der Waals surface area contributed by atoms with Crippen LogP contribution in [0.15, 0.2) is 47.6 Å². The minimum atomic E-state index is -0.726. The molecule has 2 aromatic carbocycles.